The molecule has 0 spiro atoms. The number of aromatic hydroxyl groups is 2. The summed E-state index contributed by atoms with van der Waals surface area (Å²) in [5.41, 5.74) is 1.46. The molecule has 108 valence electrons. The predicted molar refractivity (Wildman–Crippen MR) is 81.1 cm³/mol. The number of phenols is 2. The monoisotopic (exact) mass is 311 g/mol. The van der Waals surface area contributed by atoms with E-state index in [0.717, 1.165) is 10.2 Å². The van der Waals surface area contributed by atoms with E-state index < -0.39 is 0 Å². The Morgan fingerprint density at radius 3 is 2.68 bits per heavy atom. The minimum Gasteiger partial charge on any atom is -0.504 e. The number of tetrazole rings is 1. The van der Waals surface area contributed by atoms with Gasteiger partial charge in [-0.3, -0.25) is 0 Å². The molecule has 8 heteroatoms. The number of aromatic nitrogens is 5. The fourth-order valence-electron chi connectivity index (χ4n) is 2.11. The molecule has 0 amide bonds. The molecule has 0 saturated carbocycles. The lowest BCUT2D eigenvalue weighted by atomic mass is 10.2. The molecule has 7 nitrogen and oxygen atoms in total. The number of phenolic OH excluding ortho intramolecular Hbond substituents is 2. The summed E-state index contributed by atoms with van der Waals surface area (Å²) in [6, 6.07) is 12.2. The summed E-state index contributed by atoms with van der Waals surface area (Å²) in [4.78, 5) is 4.51. The van der Waals surface area contributed by atoms with Gasteiger partial charge in [-0.05, 0) is 40.8 Å². The van der Waals surface area contributed by atoms with Crippen LogP contribution >= 0.6 is 11.3 Å². The Balaban J connectivity index is 1.87. The fourth-order valence-corrected chi connectivity index (χ4v) is 3.02. The van der Waals surface area contributed by atoms with Crippen LogP contribution in [0.15, 0.2) is 42.5 Å². The number of fused-ring (bicyclic) bond motifs is 1. The molecule has 0 fully saturated rings. The van der Waals surface area contributed by atoms with Crippen LogP contribution in [0.4, 0.5) is 0 Å². The van der Waals surface area contributed by atoms with Crippen molar-refractivity contribution in [2.45, 2.75) is 0 Å². The van der Waals surface area contributed by atoms with Crippen LogP contribution < -0.4 is 0 Å². The average Bonchev–Trinajstić information content (AvgIpc) is 3.15. The largest absolute Gasteiger partial charge is 0.504 e. The van der Waals surface area contributed by atoms with Crippen molar-refractivity contribution in [2.75, 3.05) is 0 Å². The minimum absolute atomic E-state index is 0.192. The van der Waals surface area contributed by atoms with Crippen molar-refractivity contribution in [1.29, 1.82) is 0 Å². The maximum Gasteiger partial charge on any atom is 0.215 e. The third-order valence-corrected chi connectivity index (χ3v) is 4.18. The van der Waals surface area contributed by atoms with Gasteiger partial charge < -0.3 is 10.2 Å². The van der Waals surface area contributed by atoms with Crippen molar-refractivity contribution in [3.8, 4) is 28.0 Å². The molecular weight excluding hydrogens is 302 g/mol. The summed E-state index contributed by atoms with van der Waals surface area (Å²) >= 11 is 1.47. The van der Waals surface area contributed by atoms with E-state index in [2.05, 4.69) is 20.5 Å². The smallest absolute Gasteiger partial charge is 0.215 e. The van der Waals surface area contributed by atoms with Gasteiger partial charge in [0, 0.05) is 5.56 Å². The molecule has 0 aliphatic rings. The van der Waals surface area contributed by atoms with Gasteiger partial charge in [-0.15, -0.1) is 5.10 Å². The Morgan fingerprint density at radius 2 is 1.86 bits per heavy atom. The van der Waals surface area contributed by atoms with Crippen molar-refractivity contribution >= 4 is 21.6 Å². The summed E-state index contributed by atoms with van der Waals surface area (Å²) in [5.74, 6) is 0.0217. The van der Waals surface area contributed by atoms with E-state index in [4.69, 9.17) is 0 Å². The Bertz CT molecular complexity index is 945. The first-order valence-electron chi connectivity index (χ1n) is 6.39. The molecule has 2 heterocycles. The second-order valence-corrected chi connectivity index (χ2v) is 5.59. The highest BCUT2D eigenvalue weighted by atomic mass is 32.1. The molecule has 0 radical (unpaired) electrons. The van der Waals surface area contributed by atoms with Gasteiger partial charge in [-0.2, -0.15) is 4.68 Å². The lowest BCUT2D eigenvalue weighted by Gasteiger charge is -2.02. The molecule has 0 saturated heterocycles. The van der Waals surface area contributed by atoms with Crippen LogP contribution in [0.3, 0.4) is 0 Å². The molecule has 22 heavy (non-hydrogen) atoms. The molecule has 4 rings (SSSR count). The minimum atomic E-state index is -0.226. The molecule has 0 atom stereocenters. The van der Waals surface area contributed by atoms with Gasteiger partial charge in [0.05, 0.1) is 10.2 Å². The number of hydrogen-bond donors (Lipinski definition) is 2. The normalized spacial score (nSPS) is 11.1. The van der Waals surface area contributed by atoms with Gasteiger partial charge in [0.15, 0.2) is 17.3 Å². The van der Waals surface area contributed by atoms with Gasteiger partial charge in [0.25, 0.3) is 0 Å². The molecule has 0 aliphatic carbocycles. The van der Waals surface area contributed by atoms with Crippen LogP contribution in [0, 0.1) is 0 Å². The zero-order valence-corrected chi connectivity index (χ0v) is 11.9. The Hall–Kier alpha value is -3.00. The lowest BCUT2D eigenvalue weighted by Crippen LogP contribution is -1.98. The zero-order valence-electron chi connectivity index (χ0n) is 11.1. The van der Waals surface area contributed by atoms with Gasteiger partial charge >= 0.3 is 0 Å². The summed E-state index contributed by atoms with van der Waals surface area (Å²) < 4.78 is 2.55. The molecule has 2 N–H and O–H groups in total. The number of nitrogens with zero attached hydrogens (tertiary/aromatic N) is 5. The van der Waals surface area contributed by atoms with Crippen molar-refractivity contribution < 1.29 is 10.2 Å². The number of benzene rings is 2. The van der Waals surface area contributed by atoms with E-state index >= 15 is 0 Å². The van der Waals surface area contributed by atoms with Crippen molar-refractivity contribution in [1.82, 2.24) is 25.2 Å². The van der Waals surface area contributed by atoms with Gasteiger partial charge in [-0.25, -0.2) is 4.98 Å². The van der Waals surface area contributed by atoms with Gasteiger partial charge in [0.2, 0.25) is 5.13 Å². The molecule has 2 aromatic carbocycles. The van der Waals surface area contributed by atoms with Crippen LogP contribution in [0.25, 0.3) is 26.7 Å². The number of hydrogen-bond acceptors (Lipinski definition) is 7. The van der Waals surface area contributed by atoms with Crippen LogP contribution in [0.5, 0.6) is 11.5 Å². The molecule has 0 aliphatic heterocycles. The van der Waals surface area contributed by atoms with Crippen molar-refractivity contribution in [3.05, 3.63) is 42.5 Å². The van der Waals surface area contributed by atoms with Crippen LogP contribution in [0.2, 0.25) is 0 Å². The van der Waals surface area contributed by atoms with E-state index in [1.54, 1.807) is 6.07 Å². The maximum absolute atomic E-state index is 9.63. The quantitative estimate of drug-likeness (QED) is 0.552. The predicted octanol–water partition coefficient (Wildman–Crippen LogP) is 2.35. The van der Waals surface area contributed by atoms with Crippen LogP contribution in [-0.4, -0.2) is 35.4 Å². The van der Waals surface area contributed by atoms with Gasteiger partial charge in [0.1, 0.15) is 0 Å². The number of thiazole rings is 1. The third kappa shape index (κ3) is 1.97. The van der Waals surface area contributed by atoms with Crippen molar-refractivity contribution in [2.24, 2.45) is 0 Å². The summed E-state index contributed by atoms with van der Waals surface area (Å²) in [6.07, 6.45) is 0. The Kier molecular flexibility index (Phi) is 2.76. The standard InChI is InChI=1S/C14H9N5O2S/c20-10-6-5-8(7-11(10)21)13-16-17-18-19(13)14-15-9-3-1-2-4-12(9)22-14/h1-7,20-21H. The van der Waals surface area contributed by atoms with Crippen LogP contribution in [0.1, 0.15) is 0 Å². The Morgan fingerprint density at radius 1 is 1.00 bits per heavy atom. The first kappa shape index (κ1) is 12.7. The first-order valence-corrected chi connectivity index (χ1v) is 7.21. The Labute approximate surface area is 128 Å². The van der Waals surface area contributed by atoms with Crippen LogP contribution in [-0.2, 0) is 0 Å². The van der Waals surface area contributed by atoms with E-state index in [0.29, 0.717) is 16.5 Å². The fraction of sp³-hybridized carbons (Fsp3) is 0. The van der Waals surface area contributed by atoms with E-state index in [9.17, 15) is 10.2 Å². The first-order chi connectivity index (χ1) is 10.7. The molecule has 4 aromatic rings. The topological polar surface area (TPSA) is 97.0 Å². The maximum atomic E-state index is 9.63. The number of para-hydroxylation sites is 1. The average molecular weight is 311 g/mol. The molecule has 0 unspecified atom stereocenters. The van der Waals surface area contributed by atoms with E-state index in [1.165, 1.54) is 28.2 Å². The highest BCUT2D eigenvalue weighted by Crippen LogP contribution is 2.31. The van der Waals surface area contributed by atoms with E-state index in [-0.39, 0.29) is 11.5 Å². The molecule has 2 aromatic heterocycles. The molecular formula is C14H9N5O2S. The number of rotatable bonds is 2. The second-order valence-electron chi connectivity index (χ2n) is 4.58. The lowest BCUT2D eigenvalue weighted by molar-refractivity contribution is 0.404. The highest BCUT2D eigenvalue weighted by Gasteiger charge is 2.15. The van der Waals surface area contributed by atoms with Gasteiger partial charge in [-0.1, -0.05) is 23.5 Å². The summed E-state index contributed by atoms with van der Waals surface area (Å²) in [7, 11) is 0. The summed E-state index contributed by atoms with van der Waals surface area (Å²) in [6.45, 7) is 0. The van der Waals surface area contributed by atoms with Crippen molar-refractivity contribution in [3.63, 3.8) is 0 Å². The van der Waals surface area contributed by atoms with E-state index in [1.807, 2.05) is 24.3 Å². The SMILES string of the molecule is Oc1ccc(-c2nnnn2-c2nc3ccccc3s2)cc1O. The molecule has 0 bridgehead atoms. The highest BCUT2D eigenvalue weighted by molar-refractivity contribution is 7.20. The second kappa shape index (κ2) is 4.78. The zero-order chi connectivity index (χ0) is 15.1. The summed E-state index contributed by atoms with van der Waals surface area (Å²) in [5, 5.41) is 31.3. The third-order valence-electron chi connectivity index (χ3n) is 3.17.